The summed E-state index contributed by atoms with van der Waals surface area (Å²) < 4.78 is 3.54. The van der Waals surface area contributed by atoms with Gasteiger partial charge in [-0.05, 0) is 50.6 Å². The van der Waals surface area contributed by atoms with Crippen molar-refractivity contribution in [3.8, 4) is 0 Å². The van der Waals surface area contributed by atoms with Crippen molar-refractivity contribution in [3.05, 3.63) is 71.6 Å². The summed E-state index contributed by atoms with van der Waals surface area (Å²) in [5, 5.41) is 20.9. The van der Waals surface area contributed by atoms with Crippen LogP contribution in [0, 0.1) is 0 Å². The van der Waals surface area contributed by atoms with Crippen molar-refractivity contribution >= 4 is 28.5 Å². The van der Waals surface area contributed by atoms with Crippen molar-refractivity contribution in [2.24, 2.45) is 0 Å². The molecule has 1 aliphatic rings. The van der Waals surface area contributed by atoms with Gasteiger partial charge in [-0.2, -0.15) is 5.10 Å². The molecule has 34 heavy (non-hydrogen) atoms. The van der Waals surface area contributed by atoms with Crippen molar-refractivity contribution < 1.29 is 14.7 Å². The molecule has 0 unspecified atom stereocenters. The third kappa shape index (κ3) is 4.15. The fourth-order valence-corrected chi connectivity index (χ4v) is 4.02. The largest absolute Gasteiger partial charge is 0.384 e. The highest BCUT2D eigenvalue weighted by atomic mass is 16.3. The highest BCUT2D eigenvalue weighted by molar-refractivity contribution is 6.04. The Bertz CT molecular complexity index is 1400. The minimum Gasteiger partial charge on any atom is -0.384 e. The highest BCUT2D eigenvalue weighted by Gasteiger charge is 2.25. The molecule has 2 amide bonds. The van der Waals surface area contributed by atoms with Crippen molar-refractivity contribution in [2.45, 2.75) is 45.5 Å². The van der Waals surface area contributed by atoms with E-state index in [1.165, 1.54) is 0 Å². The number of amides is 2. The normalized spacial score (nSPS) is 15.8. The van der Waals surface area contributed by atoms with Gasteiger partial charge in [-0.1, -0.05) is 6.07 Å². The molecule has 5 rings (SSSR count). The van der Waals surface area contributed by atoms with Gasteiger partial charge in [0, 0.05) is 30.4 Å². The molecule has 0 fully saturated rings. The van der Waals surface area contributed by atoms with Crippen molar-refractivity contribution in [1.82, 2.24) is 29.6 Å². The maximum absolute atomic E-state index is 12.8. The molecule has 0 spiro atoms. The summed E-state index contributed by atoms with van der Waals surface area (Å²) in [4.78, 5) is 33.9. The summed E-state index contributed by atoms with van der Waals surface area (Å²) >= 11 is 0. The lowest BCUT2D eigenvalue weighted by atomic mass is 10.0. The topological polar surface area (TPSA) is 127 Å². The zero-order valence-electron chi connectivity index (χ0n) is 19.1. The Kier molecular flexibility index (Phi) is 5.17. The van der Waals surface area contributed by atoms with Gasteiger partial charge >= 0.3 is 0 Å². The highest BCUT2D eigenvalue weighted by Crippen LogP contribution is 2.22. The molecule has 174 valence electrons. The monoisotopic (exact) mass is 459 g/mol. The van der Waals surface area contributed by atoms with Gasteiger partial charge in [0.05, 0.1) is 24.1 Å². The van der Waals surface area contributed by atoms with Crippen LogP contribution in [0.5, 0.6) is 0 Å². The lowest BCUT2D eigenvalue weighted by Crippen LogP contribution is -2.42. The Morgan fingerprint density at radius 3 is 2.82 bits per heavy atom. The number of aliphatic hydroxyl groups is 1. The number of hydrogen-bond donors (Lipinski definition) is 3. The number of carbonyl (C=O) groups is 2. The van der Waals surface area contributed by atoms with Gasteiger partial charge in [-0.25, -0.2) is 4.98 Å². The molecule has 10 nitrogen and oxygen atoms in total. The van der Waals surface area contributed by atoms with Gasteiger partial charge in [0.2, 0.25) is 0 Å². The van der Waals surface area contributed by atoms with E-state index >= 15 is 0 Å². The lowest BCUT2D eigenvalue weighted by Gasteiger charge is -2.22. The maximum atomic E-state index is 12.8. The average molecular weight is 460 g/mol. The Labute approximate surface area is 195 Å². The SMILES string of the molecule is C[C@H]1Cn2c(cc3ccc(C(=O)Nc4cnn(Cc5ccc(C(C)(C)O)nc5)c4)nc32)C(=O)N1. The van der Waals surface area contributed by atoms with Crippen LogP contribution < -0.4 is 10.6 Å². The molecule has 0 aliphatic carbocycles. The molecule has 0 aromatic carbocycles. The molecule has 10 heteroatoms. The number of nitrogens with zero attached hydrogens (tertiary/aromatic N) is 5. The molecule has 0 radical (unpaired) electrons. The molecular weight excluding hydrogens is 434 g/mol. The molecular formula is C24H25N7O3. The molecule has 0 saturated heterocycles. The van der Waals surface area contributed by atoms with Crippen LogP contribution in [0.2, 0.25) is 0 Å². The van der Waals surface area contributed by atoms with Crippen LogP contribution in [0.1, 0.15) is 53.0 Å². The van der Waals surface area contributed by atoms with E-state index in [9.17, 15) is 14.7 Å². The average Bonchev–Trinajstić information content (AvgIpc) is 3.37. The second-order valence-electron chi connectivity index (χ2n) is 9.12. The van der Waals surface area contributed by atoms with Crippen molar-refractivity contribution in [1.29, 1.82) is 0 Å². The third-order valence-corrected chi connectivity index (χ3v) is 5.73. The predicted octanol–water partition coefficient (Wildman–Crippen LogP) is 2.29. The van der Waals surface area contributed by atoms with Gasteiger partial charge in [-0.15, -0.1) is 0 Å². The first-order chi connectivity index (χ1) is 16.2. The summed E-state index contributed by atoms with van der Waals surface area (Å²) in [6, 6.07) is 8.90. The van der Waals surface area contributed by atoms with Crippen molar-refractivity contribution in [3.63, 3.8) is 0 Å². The van der Waals surface area contributed by atoms with E-state index in [-0.39, 0.29) is 23.6 Å². The van der Waals surface area contributed by atoms with Gasteiger partial charge in [0.15, 0.2) is 0 Å². The molecule has 3 N–H and O–H groups in total. The number of fused-ring (bicyclic) bond motifs is 3. The fourth-order valence-electron chi connectivity index (χ4n) is 4.02. The summed E-state index contributed by atoms with van der Waals surface area (Å²) in [5.41, 5.74) is 2.46. The minimum atomic E-state index is -0.996. The second kappa shape index (κ2) is 8.07. The van der Waals surface area contributed by atoms with Crippen LogP contribution in [-0.2, 0) is 18.7 Å². The van der Waals surface area contributed by atoms with Gasteiger partial charge < -0.3 is 20.3 Å². The van der Waals surface area contributed by atoms with Gasteiger partial charge in [0.1, 0.15) is 22.6 Å². The van der Waals surface area contributed by atoms with E-state index in [2.05, 4.69) is 25.7 Å². The molecule has 0 saturated carbocycles. The third-order valence-electron chi connectivity index (χ3n) is 5.73. The standard InChI is InChI=1S/C24H25N7O3/c1-14-11-31-19(23(33)27-14)8-16-5-6-18(29-21(16)31)22(32)28-17-10-26-30(13-17)12-15-4-7-20(25-9-15)24(2,3)34/h4-10,13-14,34H,11-12H2,1-3H3,(H,27,33)(H,28,32)/t14-/m0/s1. The van der Waals surface area contributed by atoms with E-state index in [1.54, 1.807) is 61.4 Å². The smallest absolute Gasteiger partial charge is 0.274 e. The zero-order chi connectivity index (χ0) is 24.0. The molecule has 1 aliphatic heterocycles. The van der Waals surface area contributed by atoms with Crippen LogP contribution in [0.15, 0.2) is 48.9 Å². The first kappa shape index (κ1) is 21.8. The lowest BCUT2D eigenvalue weighted by molar-refractivity contribution is 0.0738. The van der Waals surface area contributed by atoms with Crippen LogP contribution in [0.3, 0.4) is 0 Å². The van der Waals surface area contributed by atoms with Crippen LogP contribution in [0.25, 0.3) is 11.0 Å². The van der Waals surface area contributed by atoms with Crippen LogP contribution in [0.4, 0.5) is 5.69 Å². The first-order valence-electron chi connectivity index (χ1n) is 11.0. The predicted molar refractivity (Wildman–Crippen MR) is 125 cm³/mol. The number of carbonyl (C=O) groups excluding carboxylic acids is 2. The Morgan fingerprint density at radius 1 is 1.26 bits per heavy atom. The summed E-state index contributed by atoms with van der Waals surface area (Å²) in [5.74, 6) is -0.499. The van der Waals surface area contributed by atoms with Crippen LogP contribution >= 0.6 is 0 Å². The Balaban J connectivity index is 1.30. The van der Waals surface area contributed by atoms with Crippen molar-refractivity contribution in [2.75, 3.05) is 5.32 Å². The molecule has 4 aromatic rings. The molecule has 0 bridgehead atoms. The van der Waals surface area contributed by atoms with E-state index < -0.39 is 5.60 Å². The second-order valence-corrected chi connectivity index (χ2v) is 9.12. The minimum absolute atomic E-state index is 0.0118. The number of aromatic nitrogens is 5. The van der Waals surface area contributed by atoms with Crippen LogP contribution in [-0.4, -0.2) is 47.3 Å². The quantitative estimate of drug-likeness (QED) is 0.420. The Hall–Kier alpha value is -4.05. The molecule has 4 aromatic heterocycles. The zero-order valence-corrected chi connectivity index (χ0v) is 19.1. The van der Waals surface area contributed by atoms with E-state index in [0.29, 0.717) is 35.8 Å². The van der Waals surface area contributed by atoms with E-state index in [1.807, 2.05) is 17.6 Å². The maximum Gasteiger partial charge on any atom is 0.274 e. The number of rotatable bonds is 5. The molecule has 5 heterocycles. The number of nitrogens with one attached hydrogen (secondary N) is 2. The summed E-state index contributed by atoms with van der Waals surface area (Å²) in [7, 11) is 0. The van der Waals surface area contributed by atoms with E-state index in [0.717, 1.165) is 10.9 Å². The first-order valence-corrected chi connectivity index (χ1v) is 11.0. The van der Waals surface area contributed by atoms with Gasteiger partial charge in [0.25, 0.3) is 11.8 Å². The number of anilines is 1. The molecule has 1 atom stereocenters. The van der Waals surface area contributed by atoms with E-state index in [4.69, 9.17) is 0 Å². The fraction of sp³-hybridized carbons (Fsp3) is 0.292. The summed E-state index contributed by atoms with van der Waals surface area (Å²) in [6.45, 7) is 6.37. The Morgan fingerprint density at radius 2 is 2.09 bits per heavy atom. The summed E-state index contributed by atoms with van der Waals surface area (Å²) in [6.07, 6.45) is 5.00. The number of hydrogen-bond acceptors (Lipinski definition) is 6. The number of pyridine rings is 2. The van der Waals surface area contributed by atoms with Gasteiger partial charge in [-0.3, -0.25) is 19.3 Å².